The predicted molar refractivity (Wildman–Crippen MR) is 124 cm³/mol. The van der Waals surface area contributed by atoms with Crippen LogP contribution in [-0.4, -0.2) is 54.3 Å². The summed E-state index contributed by atoms with van der Waals surface area (Å²) < 4.78 is 0. The molecule has 1 spiro atoms. The summed E-state index contributed by atoms with van der Waals surface area (Å²) in [5.74, 6) is 2.81. The van der Waals surface area contributed by atoms with Crippen LogP contribution in [0.5, 0.6) is 0 Å². The van der Waals surface area contributed by atoms with Gasteiger partial charge in [-0.15, -0.1) is 0 Å². The summed E-state index contributed by atoms with van der Waals surface area (Å²) in [6, 6.07) is 9.85. The van der Waals surface area contributed by atoms with Gasteiger partial charge in [-0.2, -0.15) is 5.26 Å². The molecule has 1 saturated heterocycles. The van der Waals surface area contributed by atoms with E-state index in [0.29, 0.717) is 30.5 Å². The molecular weight excluding hydrogens is 412 g/mol. The summed E-state index contributed by atoms with van der Waals surface area (Å²) in [4.78, 5) is 29.8. The molecule has 3 bridgehead atoms. The molecule has 1 N–H and O–H groups in total. The second kappa shape index (κ2) is 7.84. The Morgan fingerprint density at radius 3 is 2.58 bits per heavy atom. The second-order valence-corrected chi connectivity index (χ2v) is 11.7. The van der Waals surface area contributed by atoms with Crippen LogP contribution < -0.4 is 5.32 Å². The van der Waals surface area contributed by atoms with E-state index in [9.17, 15) is 9.59 Å². The van der Waals surface area contributed by atoms with Crippen molar-refractivity contribution in [1.82, 2.24) is 15.1 Å². The number of rotatable bonds is 6. The Morgan fingerprint density at radius 1 is 1.03 bits per heavy atom. The number of piperazine rings is 1. The van der Waals surface area contributed by atoms with Crippen molar-refractivity contribution < 1.29 is 9.59 Å². The lowest BCUT2D eigenvalue weighted by molar-refractivity contribution is -0.135. The van der Waals surface area contributed by atoms with Gasteiger partial charge in [0.25, 0.3) is 0 Å². The number of carbonyl (C=O) groups is 2. The van der Waals surface area contributed by atoms with Crippen molar-refractivity contribution in [2.45, 2.75) is 51.5 Å². The van der Waals surface area contributed by atoms with Gasteiger partial charge in [-0.3, -0.25) is 14.5 Å². The van der Waals surface area contributed by atoms with Crippen molar-refractivity contribution >= 4 is 11.8 Å². The number of carbonyl (C=O) groups excluding carboxylic acids is 2. The standard InChI is InChI=1S/C27H34N4O2/c28-15-19-1-3-20(4-2-19)17-30-5-7-31(8-6-30)25(33)16-29-24(32)14-26-11-21-9-22-10-23(13-26)27(22,12-21)18-26/h1-4,21-23H,5-14,16-18H2,(H,29,32). The molecule has 4 aliphatic carbocycles. The van der Waals surface area contributed by atoms with E-state index in [2.05, 4.69) is 16.3 Å². The monoisotopic (exact) mass is 446 g/mol. The van der Waals surface area contributed by atoms with E-state index in [4.69, 9.17) is 5.26 Å². The summed E-state index contributed by atoms with van der Waals surface area (Å²) in [5, 5.41) is 11.9. The number of nitrogens with zero attached hydrogens (tertiary/aromatic N) is 3. The molecule has 33 heavy (non-hydrogen) atoms. The largest absolute Gasteiger partial charge is 0.347 e. The van der Waals surface area contributed by atoms with Gasteiger partial charge in [0.2, 0.25) is 11.8 Å². The number of hydrogen-bond donors (Lipinski definition) is 1. The molecule has 1 heterocycles. The van der Waals surface area contributed by atoms with Crippen molar-refractivity contribution in [1.29, 1.82) is 5.26 Å². The lowest BCUT2D eigenvalue weighted by Crippen LogP contribution is -2.51. The van der Waals surface area contributed by atoms with Crippen LogP contribution in [-0.2, 0) is 16.1 Å². The predicted octanol–water partition coefficient (Wildman–Crippen LogP) is 2.93. The number of nitriles is 1. The Balaban J connectivity index is 0.949. The van der Waals surface area contributed by atoms with Gasteiger partial charge < -0.3 is 10.2 Å². The average Bonchev–Trinajstić information content (AvgIpc) is 3.13. The highest BCUT2D eigenvalue weighted by atomic mass is 16.2. The van der Waals surface area contributed by atoms with Crippen LogP contribution in [0.3, 0.4) is 0 Å². The fraction of sp³-hybridized carbons (Fsp3) is 0.667. The van der Waals surface area contributed by atoms with Crippen molar-refractivity contribution in [3.05, 3.63) is 35.4 Å². The molecule has 5 unspecified atom stereocenters. The molecule has 0 radical (unpaired) electrons. The topological polar surface area (TPSA) is 76.4 Å². The number of hydrogen-bond acceptors (Lipinski definition) is 4. The van der Waals surface area contributed by atoms with Crippen molar-refractivity contribution in [2.24, 2.45) is 28.6 Å². The van der Waals surface area contributed by atoms with Crippen LogP contribution in [0.15, 0.2) is 24.3 Å². The van der Waals surface area contributed by atoms with Crippen LogP contribution in [0, 0.1) is 39.9 Å². The first-order valence-electron chi connectivity index (χ1n) is 12.7. The molecule has 6 rings (SSSR count). The number of benzene rings is 1. The maximum absolute atomic E-state index is 12.8. The Bertz CT molecular complexity index is 988. The van der Waals surface area contributed by atoms with E-state index in [0.717, 1.165) is 37.4 Å². The third-order valence-electron chi connectivity index (χ3n) is 9.77. The Labute approximate surface area is 196 Å². The van der Waals surface area contributed by atoms with Crippen LogP contribution in [0.4, 0.5) is 0 Å². The van der Waals surface area contributed by atoms with Crippen molar-refractivity contribution in [3.63, 3.8) is 0 Å². The maximum Gasteiger partial charge on any atom is 0.242 e. The fourth-order valence-electron chi connectivity index (χ4n) is 8.53. The highest BCUT2D eigenvalue weighted by molar-refractivity contribution is 5.85. The van der Waals surface area contributed by atoms with Gasteiger partial charge in [0.15, 0.2) is 0 Å². The van der Waals surface area contributed by atoms with E-state index >= 15 is 0 Å². The van der Waals surface area contributed by atoms with Gasteiger partial charge in [-0.1, -0.05) is 12.1 Å². The maximum atomic E-state index is 12.8. The molecule has 2 amide bonds. The Kier molecular flexibility index (Phi) is 5.03. The molecule has 1 aromatic rings. The molecule has 6 nitrogen and oxygen atoms in total. The highest BCUT2D eigenvalue weighted by Crippen LogP contribution is 2.79. The first kappa shape index (κ1) is 21.2. The zero-order valence-electron chi connectivity index (χ0n) is 19.4. The molecule has 0 aromatic heterocycles. The van der Waals surface area contributed by atoms with Crippen molar-refractivity contribution in [2.75, 3.05) is 32.7 Å². The Hall–Kier alpha value is -2.39. The first-order valence-corrected chi connectivity index (χ1v) is 12.7. The number of fused-ring (bicyclic) bond motifs is 2. The average molecular weight is 447 g/mol. The minimum atomic E-state index is 0.0349. The zero-order valence-corrected chi connectivity index (χ0v) is 19.4. The quantitative estimate of drug-likeness (QED) is 0.729. The summed E-state index contributed by atoms with van der Waals surface area (Å²) in [6.45, 7) is 4.01. The lowest BCUT2D eigenvalue weighted by Gasteiger charge is -2.49. The zero-order chi connectivity index (χ0) is 22.6. The van der Waals surface area contributed by atoms with Gasteiger partial charge >= 0.3 is 0 Å². The van der Waals surface area contributed by atoms with E-state index in [-0.39, 0.29) is 23.8 Å². The molecule has 6 heteroatoms. The summed E-state index contributed by atoms with van der Waals surface area (Å²) in [7, 11) is 0. The molecule has 5 aliphatic rings. The lowest BCUT2D eigenvalue weighted by atomic mass is 9.55. The summed E-state index contributed by atoms with van der Waals surface area (Å²) in [5.41, 5.74) is 2.69. The molecule has 5 atom stereocenters. The SMILES string of the molecule is N#Cc1ccc(CN2CCN(C(=O)CNC(=O)CC34CC5CC6CC(C3)C6(C5)C4)CC2)cc1. The van der Waals surface area contributed by atoms with Gasteiger partial charge in [0, 0.05) is 39.1 Å². The van der Waals surface area contributed by atoms with Crippen LogP contribution >= 0.6 is 0 Å². The molecule has 4 saturated carbocycles. The Morgan fingerprint density at radius 2 is 1.82 bits per heavy atom. The van der Waals surface area contributed by atoms with E-state index < -0.39 is 0 Å². The second-order valence-electron chi connectivity index (χ2n) is 11.7. The first-order chi connectivity index (χ1) is 16.0. The number of amides is 2. The molecular formula is C27H34N4O2. The van der Waals surface area contributed by atoms with E-state index in [1.807, 2.05) is 29.2 Å². The summed E-state index contributed by atoms with van der Waals surface area (Å²) >= 11 is 0. The molecule has 1 aliphatic heterocycles. The third-order valence-corrected chi connectivity index (χ3v) is 9.77. The normalized spacial score (nSPS) is 36.2. The van der Waals surface area contributed by atoms with E-state index in [1.165, 1.54) is 44.1 Å². The van der Waals surface area contributed by atoms with Crippen molar-refractivity contribution in [3.8, 4) is 6.07 Å². The smallest absolute Gasteiger partial charge is 0.242 e. The van der Waals surface area contributed by atoms with Gasteiger partial charge in [0.05, 0.1) is 18.2 Å². The van der Waals surface area contributed by atoms with Crippen LogP contribution in [0.25, 0.3) is 0 Å². The van der Waals surface area contributed by atoms with Crippen LogP contribution in [0.1, 0.15) is 56.1 Å². The highest BCUT2D eigenvalue weighted by Gasteiger charge is 2.70. The fourth-order valence-corrected chi connectivity index (χ4v) is 8.53. The third kappa shape index (κ3) is 3.65. The molecule has 5 fully saturated rings. The van der Waals surface area contributed by atoms with Gasteiger partial charge in [-0.05, 0) is 84.8 Å². The summed E-state index contributed by atoms with van der Waals surface area (Å²) in [6.07, 6.45) is 8.65. The van der Waals surface area contributed by atoms with Gasteiger partial charge in [0.1, 0.15) is 0 Å². The van der Waals surface area contributed by atoms with Gasteiger partial charge in [-0.25, -0.2) is 0 Å². The minimum Gasteiger partial charge on any atom is -0.347 e. The molecule has 1 aromatic carbocycles. The van der Waals surface area contributed by atoms with Crippen LogP contribution in [0.2, 0.25) is 0 Å². The molecule has 174 valence electrons. The minimum absolute atomic E-state index is 0.0349. The van der Waals surface area contributed by atoms with E-state index in [1.54, 1.807) is 0 Å². The number of nitrogens with one attached hydrogen (secondary N) is 1.